The second kappa shape index (κ2) is 4.09. The minimum absolute atomic E-state index is 0.0429. The molecular formula is C5H14N2. The molecule has 0 aliphatic carbocycles. The first-order chi connectivity index (χ1) is 7.55. The number of nitrogens with one attached hydrogen (secondary N) is 1. The van der Waals surface area contributed by atoms with Crippen molar-refractivity contribution >= 4 is 0 Å². The van der Waals surface area contributed by atoms with Gasteiger partial charge in [0, 0.05) is 28.1 Å². The zero-order valence-electron chi connectivity index (χ0n) is 14.7. The van der Waals surface area contributed by atoms with Gasteiger partial charge in [0.25, 0.3) is 0 Å². The fourth-order valence-corrected chi connectivity index (χ4v) is 0.119. The average molecular weight is 113 g/mol. The van der Waals surface area contributed by atoms with E-state index in [-0.39, 0.29) is 4.90 Å². The quantitative estimate of drug-likeness (QED) is 0.544. The fourth-order valence-electron chi connectivity index (χ4n) is 0.119. The van der Waals surface area contributed by atoms with Crippen molar-refractivity contribution in [2.45, 2.75) is 0 Å². The maximum atomic E-state index is 7.33. The third-order valence-corrected chi connectivity index (χ3v) is 0.326. The Balaban J connectivity index is 5.01. The second-order valence-corrected chi connectivity index (χ2v) is 0.888. The summed E-state index contributed by atoms with van der Waals surface area (Å²) in [7, 11) is 0. The van der Waals surface area contributed by atoms with E-state index in [0.717, 1.165) is 0 Å². The molecule has 0 radical (unpaired) electrons. The molecule has 0 aromatic rings. The molecule has 0 spiro atoms. The van der Waals surface area contributed by atoms with Crippen molar-refractivity contribution in [2.24, 2.45) is 0 Å². The molecule has 1 N–H and O–H groups in total. The molecule has 0 saturated carbocycles. The molecule has 2 nitrogen and oxygen atoms in total. The van der Waals surface area contributed by atoms with Crippen LogP contribution in [0.5, 0.6) is 0 Å². The van der Waals surface area contributed by atoms with Crippen molar-refractivity contribution in [2.75, 3.05) is 34.0 Å². The molecule has 0 bridgehead atoms. The van der Waals surface area contributed by atoms with Gasteiger partial charge in [-0.05, 0) is 20.9 Å². The number of rotatable bonds is 3. The van der Waals surface area contributed by atoms with Gasteiger partial charge in [-0.25, -0.2) is 0 Å². The van der Waals surface area contributed by atoms with Crippen LogP contribution in [0.15, 0.2) is 0 Å². The number of likely N-dealkylation sites (N-methyl/N-ethyl adjacent to an activating group) is 2. The predicted octanol–water partition coefficient (Wildman–Crippen LogP) is -0.233. The first-order valence-electron chi connectivity index (χ1n) is 7.12. The molecule has 0 saturated heterocycles. The van der Waals surface area contributed by atoms with Crippen LogP contribution in [-0.4, -0.2) is 38.9 Å². The van der Waals surface area contributed by atoms with E-state index in [4.69, 9.17) is 15.1 Å². The van der Waals surface area contributed by atoms with Crippen molar-refractivity contribution in [3.05, 3.63) is 0 Å². The topological polar surface area (TPSA) is 15.3 Å². The Bertz CT molecular complexity index is 259. The molecule has 0 aromatic carbocycles. The van der Waals surface area contributed by atoms with Crippen molar-refractivity contribution in [3.8, 4) is 0 Å². The van der Waals surface area contributed by atoms with Gasteiger partial charge in [-0.15, -0.1) is 0 Å². The smallest absolute Gasteiger partial charge is 0.0441 e. The van der Waals surface area contributed by atoms with Crippen molar-refractivity contribution in [1.29, 1.82) is 0 Å². The molecule has 0 aromatic heterocycles. The van der Waals surface area contributed by atoms with Gasteiger partial charge in [-0.2, -0.15) is 0 Å². The molecule has 44 valence electrons. The lowest BCUT2D eigenvalue weighted by Crippen LogP contribution is -2.23. The maximum Gasteiger partial charge on any atom is 0.0441 e. The lowest BCUT2D eigenvalue weighted by molar-refractivity contribution is 0.407. The van der Waals surface area contributed by atoms with Crippen LogP contribution in [0, 0.1) is 0 Å². The van der Waals surface area contributed by atoms with E-state index in [1.165, 1.54) is 0 Å². The summed E-state index contributed by atoms with van der Waals surface area (Å²) in [6.07, 6.45) is 0. The van der Waals surface area contributed by atoms with E-state index in [1.54, 1.807) is 5.32 Å². The molecular weight excluding hydrogens is 88.1 g/mol. The Kier molecular flexibility index (Phi) is 0.495. The lowest BCUT2D eigenvalue weighted by atomic mass is 10.6. The lowest BCUT2D eigenvalue weighted by Gasteiger charge is -2.06. The minimum atomic E-state index is -3.06. The van der Waals surface area contributed by atoms with Crippen LogP contribution >= 0.6 is 0 Å². The molecule has 0 amide bonds. The van der Waals surface area contributed by atoms with Crippen molar-refractivity contribution < 1.29 is 15.1 Å². The van der Waals surface area contributed by atoms with E-state index < -0.39 is 34.0 Å². The average Bonchev–Trinajstić information content (AvgIpc) is 1.90. The van der Waals surface area contributed by atoms with Crippen LogP contribution in [0.25, 0.3) is 0 Å². The van der Waals surface area contributed by atoms with Gasteiger partial charge in [0.1, 0.15) is 0 Å². The summed E-state index contributed by atoms with van der Waals surface area (Å²) in [6, 6.07) is 0. The fraction of sp³-hybridized carbons (Fsp3) is 1.00. The van der Waals surface area contributed by atoms with Crippen LogP contribution in [0.4, 0.5) is 0 Å². The molecule has 0 unspecified atom stereocenters. The molecule has 0 rings (SSSR count). The zero-order chi connectivity index (χ0) is 15.0. The highest BCUT2D eigenvalue weighted by Crippen LogP contribution is 1.66. The van der Waals surface area contributed by atoms with Gasteiger partial charge in [-0.1, -0.05) is 0 Å². The summed E-state index contributed by atoms with van der Waals surface area (Å²) < 4.78 is 77.2. The Labute approximate surface area is 61.0 Å². The molecule has 7 heavy (non-hydrogen) atoms. The summed E-state index contributed by atoms with van der Waals surface area (Å²) in [5.74, 6) is 0. The minimum Gasteiger partial charge on any atom is -0.318 e. The summed E-state index contributed by atoms with van der Waals surface area (Å²) in [6.45, 7) is -12.8. The standard InChI is InChI=1S/C5H14N2/c1-6-4-5-7(2)3/h6H,4-5H2,1-3H3/i1D3,2D3,3D3,4D2. The van der Waals surface area contributed by atoms with Crippen LogP contribution in [0.2, 0.25) is 0 Å². The van der Waals surface area contributed by atoms with Crippen molar-refractivity contribution in [1.82, 2.24) is 10.2 Å². The molecule has 0 atom stereocenters. The highest BCUT2D eigenvalue weighted by Gasteiger charge is 1.82. The molecule has 0 fully saturated rings. The van der Waals surface area contributed by atoms with Gasteiger partial charge in [0.05, 0.1) is 0 Å². The predicted molar refractivity (Wildman–Crippen MR) is 32.5 cm³/mol. The number of hydrogen-bond donors (Lipinski definition) is 1. The van der Waals surface area contributed by atoms with Gasteiger partial charge < -0.3 is 10.2 Å². The number of hydrogen-bond acceptors (Lipinski definition) is 2. The third-order valence-electron chi connectivity index (χ3n) is 0.326. The summed E-state index contributed by atoms with van der Waals surface area (Å²) in [5, 5.41) is 1.56. The van der Waals surface area contributed by atoms with E-state index >= 15 is 0 Å². The molecule has 0 aliphatic rings. The third kappa shape index (κ3) is 5.92. The summed E-state index contributed by atoms with van der Waals surface area (Å²) in [5.41, 5.74) is 0. The van der Waals surface area contributed by atoms with Crippen molar-refractivity contribution in [3.63, 3.8) is 0 Å². The first kappa shape index (κ1) is 0.847. The Morgan fingerprint density at radius 1 is 1.86 bits per heavy atom. The van der Waals surface area contributed by atoms with E-state index in [9.17, 15) is 0 Å². The molecule has 2 heteroatoms. The van der Waals surface area contributed by atoms with Gasteiger partial charge in [0.2, 0.25) is 0 Å². The Morgan fingerprint density at radius 3 is 3.29 bits per heavy atom. The monoisotopic (exact) mass is 113 g/mol. The molecule has 0 aliphatic heterocycles. The normalized spacial score (nSPS) is 41.0. The Hall–Kier alpha value is -0.0800. The van der Waals surface area contributed by atoms with Gasteiger partial charge in [0.15, 0.2) is 0 Å². The second-order valence-electron chi connectivity index (χ2n) is 0.888. The largest absolute Gasteiger partial charge is 0.318 e. The highest BCUT2D eigenvalue weighted by atomic mass is 15.1. The summed E-state index contributed by atoms with van der Waals surface area (Å²) >= 11 is 0. The molecule has 0 heterocycles. The maximum absolute atomic E-state index is 7.33. The van der Waals surface area contributed by atoms with Gasteiger partial charge >= 0.3 is 0 Å². The highest BCUT2D eigenvalue weighted by molar-refractivity contribution is 4.42. The van der Waals surface area contributed by atoms with E-state index in [0.29, 0.717) is 0 Å². The summed E-state index contributed by atoms with van der Waals surface area (Å²) in [4.78, 5) is -0.0429. The first-order valence-corrected chi connectivity index (χ1v) is 1.62. The zero-order valence-corrected chi connectivity index (χ0v) is 3.65. The van der Waals surface area contributed by atoms with Crippen LogP contribution in [0.1, 0.15) is 15.1 Å². The van der Waals surface area contributed by atoms with Crippen LogP contribution in [-0.2, 0) is 0 Å². The van der Waals surface area contributed by atoms with E-state index in [1.807, 2.05) is 0 Å². The Morgan fingerprint density at radius 2 is 2.71 bits per heavy atom. The SMILES string of the molecule is [2H]C([2H])([2H])NC([2H])([2H])CN(C([2H])([2H])[2H])C([2H])([2H])[2H]. The van der Waals surface area contributed by atoms with Crippen LogP contribution < -0.4 is 5.32 Å². The van der Waals surface area contributed by atoms with Crippen LogP contribution in [0.3, 0.4) is 0 Å². The van der Waals surface area contributed by atoms with E-state index in [2.05, 4.69) is 0 Å². The van der Waals surface area contributed by atoms with Gasteiger partial charge in [-0.3, -0.25) is 0 Å². The number of nitrogens with zero attached hydrogens (tertiary/aromatic N) is 1.